The van der Waals surface area contributed by atoms with Crippen molar-refractivity contribution >= 4 is 0 Å². The molecule has 4 nitrogen and oxygen atoms in total. The first kappa shape index (κ1) is 29.5. The average molecular weight is 555 g/mol. The van der Waals surface area contributed by atoms with Gasteiger partial charge in [-0.2, -0.15) is 0 Å². The lowest BCUT2D eigenvalue weighted by Gasteiger charge is -2.04. The molecule has 0 amide bonds. The van der Waals surface area contributed by atoms with Crippen LogP contribution in [-0.2, 0) is 6.42 Å². The lowest BCUT2D eigenvalue weighted by Crippen LogP contribution is -1.86. The maximum atomic E-state index is 9.21. The molecular weight excluding hydrogens is 520 g/mol. The van der Waals surface area contributed by atoms with Crippen LogP contribution < -0.4 is 9.47 Å². The standard InChI is InChI=1S/C14H14.2C12H10O2/c1-12-7-9-14(10-8-12)11-13-5-3-2-4-6-13;13-10-5-4-8-12(9-10)14-11-6-2-1-3-7-11;13-10-6-8-12(9-7-10)14-11-4-2-1-3-5-11/h2-10H,11H2,1H3;2*1-9,13H. The van der Waals surface area contributed by atoms with E-state index in [1.54, 1.807) is 48.5 Å². The summed E-state index contributed by atoms with van der Waals surface area (Å²) < 4.78 is 11.0. The molecule has 0 fully saturated rings. The molecule has 0 saturated carbocycles. The SMILES string of the molecule is Cc1ccc(Cc2ccccc2)cc1.Oc1ccc(Oc2ccccc2)cc1.Oc1cccc(Oc2ccccc2)c1. The molecule has 4 heteroatoms. The Morgan fingerprint density at radius 2 is 0.857 bits per heavy atom. The smallest absolute Gasteiger partial charge is 0.131 e. The van der Waals surface area contributed by atoms with Crippen LogP contribution in [0.4, 0.5) is 0 Å². The normalized spacial score (nSPS) is 9.83. The van der Waals surface area contributed by atoms with E-state index in [0.717, 1.165) is 17.9 Å². The van der Waals surface area contributed by atoms with Crippen molar-refractivity contribution < 1.29 is 19.7 Å². The molecule has 0 aromatic heterocycles. The Bertz CT molecular complexity index is 1500. The van der Waals surface area contributed by atoms with Gasteiger partial charge < -0.3 is 19.7 Å². The molecule has 0 bridgehead atoms. The van der Waals surface area contributed by atoms with Crippen molar-refractivity contribution in [2.24, 2.45) is 0 Å². The summed E-state index contributed by atoms with van der Waals surface area (Å²) >= 11 is 0. The second kappa shape index (κ2) is 15.9. The van der Waals surface area contributed by atoms with E-state index in [2.05, 4.69) is 61.5 Å². The number of aryl methyl sites for hydroxylation is 1. The second-order valence-electron chi connectivity index (χ2n) is 9.47. The lowest BCUT2D eigenvalue weighted by molar-refractivity contribution is 0.455. The third-order valence-corrected chi connectivity index (χ3v) is 5.98. The minimum absolute atomic E-state index is 0.207. The van der Waals surface area contributed by atoms with Crippen molar-refractivity contribution in [2.75, 3.05) is 0 Å². The van der Waals surface area contributed by atoms with Crippen LogP contribution in [0.1, 0.15) is 16.7 Å². The third kappa shape index (κ3) is 10.6. The van der Waals surface area contributed by atoms with Gasteiger partial charge in [0.25, 0.3) is 0 Å². The zero-order chi connectivity index (χ0) is 29.4. The van der Waals surface area contributed by atoms with E-state index in [4.69, 9.17) is 14.6 Å². The summed E-state index contributed by atoms with van der Waals surface area (Å²) in [5.41, 5.74) is 4.07. The number of para-hydroxylation sites is 2. The van der Waals surface area contributed by atoms with Gasteiger partial charge in [-0.1, -0.05) is 103 Å². The number of phenols is 2. The van der Waals surface area contributed by atoms with E-state index in [-0.39, 0.29) is 11.5 Å². The number of hydrogen-bond acceptors (Lipinski definition) is 4. The third-order valence-electron chi connectivity index (χ3n) is 5.98. The molecule has 0 saturated heterocycles. The van der Waals surface area contributed by atoms with Crippen LogP contribution in [0.2, 0.25) is 0 Å². The fourth-order valence-electron chi connectivity index (χ4n) is 3.85. The highest BCUT2D eigenvalue weighted by atomic mass is 16.5. The van der Waals surface area contributed by atoms with Crippen molar-refractivity contribution in [2.45, 2.75) is 13.3 Å². The molecule has 0 unspecified atom stereocenters. The molecule has 0 aliphatic heterocycles. The zero-order valence-electron chi connectivity index (χ0n) is 23.5. The summed E-state index contributed by atoms with van der Waals surface area (Å²) in [4.78, 5) is 0. The maximum absolute atomic E-state index is 9.21. The monoisotopic (exact) mass is 554 g/mol. The Morgan fingerprint density at radius 3 is 1.40 bits per heavy atom. The number of hydrogen-bond donors (Lipinski definition) is 2. The van der Waals surface area contributed by atoms with Gasteiger partial charge in [-0.25, -0.2) is 0 Å². The summed E-state index contributed by atoms with van der Waals surface area (Å²) in [6.07, 6.45) is 1.03. The predicted molar refractivity (Wildman–Crippen MR) is 170 cm³/mol. The summed E-state index contributed by atoms with van der Waals surface area (Å²) in [5, 5.41) is 18.3. The predicted octanol–water partition coefficient (Wildman–Crippen LogP) is 9.95. The van der Waals surface area contributed by atoms with E-state index in [1.807, 2.05) is 60.7 Å². The second-order valence-corrected chi connectivity index (χ2v) is 9.47. The highest BCUT2D eigenvalue weighted by Gasteiger charge is 1.97. The first-order chi connectivity index (χ1) is 20.5. The van der Waals surface area contributed by atoms with Gasteiger partial charge in [0.1, 0.15) is 34.5 Å². The number of rotatable bonds is 6. The highest BCUT2D eigenvalue weighted by Crippen LogP contribution is 2.24. The number of ether oxygens (including phenoxy) is 2. The van der Waals surface area contributed by atoms with Gasteiger partial charge >= 0.3 is 0 Å². The minimum atomic E-state index is 0.207. The molecule has 0 atom stereocenters. The van der Waals surface area contributed by atoms with Crippen LogP contribution >= 0.6 is 0 Å². The molecule has 6 aromatic rings. The molecule has 0 spiro atoms. The molecule has 0 aliphatic carbocycles. The van der Waals surface area contributed by atoms with Crippen LogP contribution in [-0.4, -0.2) is 10.2 Å². The van der Waals surface area contributed by atoms with Gasteiger partial charge in [0.2, 0.25) is 0 Å². The molecule has 2 N–H and O–H groups in total. The summed E-state index contributed by atoms with van der Waals surface area (Å²) in [5.74, 6) is 3.35. The largest absolute Gasteiger partial charge is 0.508 e. The lowest BCUT2D eigenvalue weighted by atomic mass is 10.0. The Hall–Kier alpha value is -5.48. The fourth-order valence-corrected chi connectivity index (χ4v) is 3.85. The van der Waals surface area contributed by atoms with Crippen molar-refractivity contribution in [1.82, 2.24) is 0 Å². The van der Waals surface area contributed by atoms with E-state index >= 15 is 0 Å². The molecule has 0 radical (unpaired) electrons. The van der Waals surface area contributed by atoms with Crippen molar-refractivity contribution in [3.05, 3.63) is 180 Å². The summed E-state index contributed by atoms with van der Waals surface area (Å²) in [6.45, 7) is 2.12. The quantitative estimate of drug-likeness (QED) is 0.215. The molecule has 0 heterocycles. The first-order valence-electron chi connectivity index (χ1n) is 13.7. The van der Waals surface area contributed by atoms with Gasteiger partial charge in [-0.05, 0) is 85.1 Å². The molecule has 0 aliphatic rings. The van der Waals surface area contributed by atoms with Gasteiger partial charge in [-0.3, -0.25) is 0 Å². The molecule has 210 valence electrons. The van der Waals surface area contributed by atoms with E-state index < -0.39 is 0 Å². The molecule has 6 rings (SSSR count). The van der Waals surface area contributed by atoms with Gasteiger partial charge in [0.15, 0.2) is 0 Å². The Morgan fingerprint density at radius 1 is 0.405 bits per heavy atom. The van der Waals surface area contributed by atoms with E-state index in [0.29, 0.717) is 11.5 Å². The summed E-state index contributed by atoms with van der Waals surface area (Å²) in [7, 11) is 0. The van der Waals surface area contributed by atoms with Crippen LogP contribution in [0.3, 0.4) is 0 Å². The number of aromatic hydroxyl groups is 2. The zero-order valence-corrected chi connectivity index (χ0v) is 23.5. The number of benzene rings is 6. The van der Waals surface area contributed by atoms with Crippen LogP contribution in [0, 0.1) is 6.92 Å². The highest BCUT2D eigenvalue weighted by molar-refractivity contribution is 5.36. The van der Waals surface area contributed by atoms with E-state index in [9.17, 15) is 5.11 Å². The summed E-state index contributed by atoms with van der Waals surface area (Å²) in [6, 6.07) is 51.6. The van der Waals surface area contributed by atoms with Crippen LogP contribution in [0.25, 0.3) is 0 Å². The van der Waals surface area contributed by atoms with Gasteiger partial charge in [0.05, 0.1) is 0 Å². The van der Waals surface area contributed by atoms with E-state index in [1.165, 1.54) is 16.7 Å². The Kier molecular flexibility index (Phi) is 11.2. The van der Waals surface area contributed by atoms with Crippen LogP contribution in [0.5, 0.6) is 34.5 Å². The van der Waals surface area contributed by atoms with Gasteiger partial charge in [0, 0.05) is 6.07 Å². The Labute approximate surface area is 247 Å². The topological polar surface area (TPSA) is 58.9 Å². The molecule has 6 aromatic carbocycles. The van der Waals surface area contributed by atoms with Crippen molar-refractivity contribution in [1.29, 1.82) is 0 Å². The Balaban J connectivity index is 0.000000145. The maximum Gasteiger partial charge on any atom is 0.131 e. The van der Waals surface area contributed by atoms with Crippen molar-refractivity contribution in [3.8, 4) is 34.5 Å². The molecule has 42 heavy (non-hydrogen) atoms. The fraction of sp³-hybridized carbons (Fsp3) is 0.0526. The number of phenolic OH excluding ortho intramolecular Hbond substituents is 2. The average Bonchev–Trinajstić information content (AvgIpc) is 3.02. The molecular formula is C38H34O4. The van der Waals surface area contributed by atoms with Crippen molar-refractivity contribution in [3.63, 3.8) is 0 Å². The first-order valence-corrected chi connectivity index (χ1v) is 13.7. The van der Waals surface area contributed by atoms with Gasteiger partial charge in [-0.15, -0.1) is 0 Å². The minimum Gasteiger partial charge on any atom is -0.508 e. The van der Waals surface area contributed by atoms with Crippen LogP contribution in [0.15, 0.2) is 164 Å².